The summed E-state index contributed by atoms with van der Waals surface area (Å²) < 4.78 is 0. The van der Waals surface area contributed by atoms with E-state index in [1.807, 2.05) is 30.3 Å². The third kappa shape index (κ3) is 4.07. The Balaban J connectivity index is 2.04. The molecule has 0 aliphatic rings. The lowest BCUT2D eigenvalue weighted by Gasteiger charge is -2.16. The monoisotopic (exact) mass is 285 g/mol. The first-order valence-electron chi connectivity index (χ1n) is 6.85. The highest BCUT2D eigenvalue weighted by Crippen LogP contribution is 2.17. The van der Waals surface area contributed by atoms with Crippen molar-refractivity contribution in [2.24, 2.45) is 0 Å². The number of aryl methyl sites for hydroxylation is 1. The standard InChI is InChI=1S/C17H19NO3/c1-12-7-8-14(10-16(12)20)17(21)18-15(11-19)9-13-5-3-2-4-6-13/h2-8,10,15,19-20H,9,11H2,1H3,(H,18,21). The van der Waals surface area contributed by atoms with Crippen molar-refractivity contribution in [1.29, 1.82) is 0 Å². The number of hydrogen-bond donors (Lipinski definition) is 3. The first-order chi connectivity index (χ1) is 10.1. The van der Waals surface area contributed by atoms with Crippen LogP contribution in [0.3, 0.4) is 0 Å². The molecule has 2 aromatic rings. The van der Waals surface area contributed by atoms with E-state index in [1.54, 1.807) is 19.1 Å². The zero-order valence-corrected chi connectivity index (χ0v) is 11.9. The zero-order chi connectivity index (χ0) is 15.2. The third-order valence-electron chi connectivity index (χ3n) is 3.35. The smallest absolute Gasteiger partial charge is 0.251 e. The van der Waals surface area contributed by atoms with Crippen LogP contribution >= 0.6 is 0 Å². The van der Waals surface area contributed by atoms with Gasteiger partial charge in [-0.25, -0.2) is 0 Å². The predicted molar refractivity (Wildman–Crippen MR) is 81.3 cm³/mol. The number of rotatable bonds is 5. The first kappa shape index (κ1) is 15.1. The molecule has 110 valence electrons. The summed E-state index contributed by atoms with van der Waals surface area (Å²) in [6.07, 6.45) is 0.556. The molecule has 0 aliphatic heterocycles. The molecule has 1 atom stereocenters. The number of nitrogens with one attached hydrogen (secondary N) is 1. The van der Waals surface area contributed by atoms with Crippen LogP contribution in [0.2, 0.25) is 0 Å². The van der Waals surface area contributed by atoms with Crippen molar-refractivity contribution in [1.82, 2.24) is 5.32 Å². The summed E-state index contributed by atoms with van der Waals surface area (Å²) in [6, 6.07) is 14.1. The van der Waals surface area contributed by atoms with E-state index in [1.165, 1.54) is 6.07 Å². The van der Waals surface area contributed by atoms with Crippen LogP contribution in [0.5, 0.6) is 5.75 Å². The van der Waals surface area contributed by atoms with Crippen LogP contribution in [0.4, 0.5) is 0 Å². The highest BCUT2D eigenvalue weighted by atomic mass is 16.3. The molecule has 0 heterocycles. The number of phenols is 1. The molecule has 0 fully saturated rings. The number of amides is 1. The van der Waals surface area contributed by atoms with Crippen LogP contribution in [0.15, 0.2) is 48.5 Å². The Morgan fingerprint density at radius 1 is 1.19 bits per heavy atom. The topological polar surface area (TPSA) is 69.6 Å². The molecule has 4 heteroatoms. The van der Waals surface area contributed by atoms with E-state index in [4.69, 9.17) is 0 Å². The SMILES string of the molecule is Cc1ccc(C(=O)NC(CO)Cc2ccccc2)cc1O. The molecule has 4 nitrogen and oxygen atoms in total. The number of carbonyl (C=O) groups is 1. The van der Waals surface area contributed by atoms with Gasteiger partial charge in [-0.15, -0.1) is 0 Å². The second-order valence-corrected chi connectivity index (χ2v) is 5.04. The number of carbonyl (C=O) groups excluding carboxylic acids is 1. The van der Waals surface area contributed by atoms with Gasteiger partial charge in [0.05, 0.1) is 12.6 Å². The Morgan fingerprint density at radius 2 is 1.90 bits per heavy atom. The molecule has 2 rings (SSSR count). The fourth-order valence-corrected chi connectivity index (χ4v) is 2.08. The summed E-state index contributed by atoms with van der Waals surface area (Å²) in [7, 11) is 0. The van der Waals surface area contributed by atoms with Crippen LogP contribution < -0.4 is 5.32 Å². The number of phenolic OH excluding ortho intramolecular Hbond substituents is 1. The summed E-state index contributed by atoms with van der Waals surface area (Å²) in [6.45, 7) is 1.63. The van der Waals surface area contributed by atoms with Gasteiger partial charge in [0.1, 0.15) is 5.75 Å². The van der Waals surface area contributed by atoms with Crippen molar-refractivity contribution in [3.8, 4) is 5.75 Å². The molecule has 0 spiro atoms. The number of aliphatic hydroxyl groups is 1. The van der Waals surface area contributed by atoms with Crippen LogP contribution in [0, 0.1) is 6.92 Å². The Hall–Kier alpha value is -2.33. The second kappa shape index (κ2) is 6.90. The van der Waals surface area contributed by atoms with Crippen LogP contribution in [0.25, 0.3) is 0 Å². The fraction of sp³-hybridized carbons (Fsp3) is 0.235. The number of hydrogen-bond acceptors (Lipinski definition) is 3. The molecule has 3 N–H and O–H groups in total. The van der Waals surface area contributed by atoms with Gasteiger partial charge >= 0.3 is 0 Å². The molecule has 1 amide bonds. The van der Waals surface area contributed by atoms with Gasteiger partial charge in [-0.05, 0) is 36.6 Å². The molecule has 2 aromatic carbocycles. The molecular weight excluding hydrogens is 266 g/mol. The minimum absolute atomic E-state index is 0.0891. The Bertz CT molecular complexity index is 611. The van der Waals surface area contributed by atoms with Gasteiger partial charge in [0.25, 0.3) is 5.91 Å². The van der Waals surface area contributed by atoms with Crippen molar-refractivity contribution in [2.45, 2.75) is 19.4 Å². The molecular formula is C17H19NO3. The lowest BCUT2D eigenvalue weighted by atomic mass is 10.1. The average molecular weight is 285 g/mol. The molecule has 0 bridgehead atoms. The molecule has 1 unspecified atom stereocenters. The van der Waals surface area contributed by atoms with E-state index >= 15 is 0 Å². The van der Waals surface area contributed by atoms with Gasteiger partial charge in [0, 0.05) is 5.56 Å². The Morgan fingerprint density at radius 3 is 2.52 bits per heavy atom. The van der Waals surface area contributed by atoms with Gasteiger partial charge < -0.3 is 15.5 Å². The van der Waals surface area contributed by atoms with E-state index in [9.17, 15) is 15.0 Å². The maximum atomic E-state index is 12.1. The van der Waals surface area contributed by atoms with E-state index < -0.39 is 0 Å². The quantitative estimate of drug-likeness (QED) is 0.787. The van der Waals surface area contributed by atoms with Crippen LogP contribution in [0.1, 0.15) is 21.5 Å². The first-order valence-corrected chi connectivity index (χ1v) is 6.85. The third-order valence-corrected chi connectivity index (χ3v) is 3.35. The van der Waals surface area contributed by atoms with Crippen molar-refractivity contribution < 1.29 is 15.0 Å². The van der Waals surface area contributed by atoms with Crippen molar-refractivity contribution >= 4 is 5.91 Å². The molecule has 0 saturated heterocycles. The number of benzene rings is 2. The highest BCUT2D eigenvalue weighted by Gasteiger charge is 2.14. The van der Waals surface area contributed by atoms with Gasteiger partial charge in [-0.3, -0.25) is 4.79 Å². The van der Waals surface area contributed by atoms with Crippen molar-refractivity contribution in [2.75, 3.05) is 6.61 Å². The maximum Gasteiger partial charge on any atom is 0.251 e. The van der Waals surface area contributed by atoms with Gasteiger partial charge in [-0.2, -0.15) is 0 Å². The zero-order valence-electron chi connectivity index (χ0n) is 11.9. The van der Waals surface area contributed by atoms with E-state index in [0.29, 0.717) is 12.0 Å². The minimum Gasteiger partial charge on any atom is -0.508 e. The van der Waals surface area contributed by atoms with Crippen LogP contribution in [-0.4, -0.2) is 28.8 Å². The fourth-order valence-electron chi connectivity index (χ4n) is 2.08. The maximum absolute atomic E-state index is 12.1. The Labute approximate surface area is 124 Å². The summed E-state index contributed by atoms with van der Waals surface area (Å²) in [5.41, 5.74) is 2.14. The van der Waals surface area contributed by atoms with Crippen molar-refractivity contribution in [3.63, 3.8) is 0 Å². The largest absolute Gasteiger partial charge is 0.508 e. The summed E-state index contributed by atoms with van der Waals surface area (Å²) in [4.78, 5) is 12.1. The lowest BCUT2D eigenvalue weighted by molar-refractivity contribution is 0.0916. The van der Waals surface area contributed by atoms with E-state index in [2.05, 4.69) is 5.32 Å². The second-order valence-electron chi connectivity index (χ2n) is 5.04. The number of aliphatic hydroxyl groups excluding tert-OH is 1. The normalized spacial score (nSPS) is 11.9. The minimum atomic E-state index is -0.358. The molecule has 0 aliphatic carbocycles. The van der Waals surface area contributed by atoms with Crippen LogP contribution in [-0.2, 0) is 6.42 Å². The van der Waals surface area contributed by atoms with Crippen molar-refractivity contribution in [3.05, 3.63) is 65.2 Å². The molecule has 0 radical (unpaired) electrons. The molecule has 21 heavy (non-hydrogen) atoms. The number of aromatic hydroxyl groups is 1. The van der Waals surface area contributed by atoms with E-state index in [-0.39, 0.29) is 24.3 Å². The predicted octanol–water partition coefficient (Wildman–Crippen LogP) is 2.03. The summed E-state index contributed by atoms with van der Waals surface area (Å²) in [5.74, 6) is -0.216. The molecule has 0 saturated carbocycles. The highest BCUT2D eigenvalue weighted by molar-refractivity contribution is 5.94. The summed E-state index contributed by atoms with van der Waals surface area (Å²) in [5, 5.41) is 21.8. The van der Waals surface area contributed by atoms with Gasteiger partial charge in [0.2, 0.25) is 0 Å². The molecule has 0 aromatic heterocycles. The Kier molecular flexibility index (Phi) is 4.95. The van der Waals surface area contributed by atoms with Gasteiger partial charge in [0.15, 0.2) is 0 Å². The lowest BCUT2D eigenvalue weighted by Crippen LogP contribution is -2.39. The average Bonchev–Trinajstić information content (AvgIpc) is 2.50. The van der Waals surface area contributed by atoms with Gasteiger partial charge in [-0.1, -0.05) is 36.4 Å². The summed E-state index contributed by atoms with van der Waals surface area (Å²) >= 11 is 0. The van der Waals surface area contributed by atoms with E-state index in [0.717, 1.165) is 11.1 Å².